The van der Waals surface area contributed by atoms with Gasteiger partial charge in [0.25, 0.3) is 0 Å². The molecule has 5 nitrogen and oxygen atoms in total. The van der Waals surface area contributed by atoms with E-state index in [-0.39, 0.29) is 12.6 Å². The van der Waals surface area contributed by atoms with Crippen LogP contribution < -0.4 is 0 Å². The number of aliphatic imine (C=N–C) groups is 1. The lowest BCUT2D eigenvalue weighted by Crippen LogP contribution is -2.22. The average Bonchev–Trinajstić information content (AvgIpc) is 3.14. The number of aromatic nitrogens is 1. The van der Waals surface area contributed by atoms with E-state index in [9.17, 15) is 10.2 Å². The maximum absolute atomic E-state index is 11.1. The van der Waals surface area contributed by atoms with E-state index < -0.39 is 0 Å². The van der Waals surface area contributed by atoms with Crippen LogP contribution in [-0.4, -0.2) is 39.0 Å². The van der Waals surface area contributed by atoms with Crippen LogP contribution in [0.2, 0.25) is 0 Å². The summed E-state index contributed by atoms with van der Waals surface area (Å²) in [6.45, 7) is 5.14. The van der Waals surface area contributed by atoms with Gasteiger partial charge < -0.3 is 10.2 Å². The Balaban J connectivity index is 1.83. The molecule has 0 spiro atoms. The van der Waals surface area contributed by atoms with Crippen molar-refractivity contribution in [3.8, 4) is 5.88 Å². The first-order valence-corrected chi connectivity index (χ1v) is 11.4. The third-order valence-electron chi connectivity index (χ3n) is 6.22. The molecule has 1 heterocycles. The molecular weight excluding hydrogens is 410 g/mol. The van der Waals surface area contributed by atoms with Gasteiger partial charge in [0.15, 0.2) is 0 Å². The molecule has 0 aliphatic heterocycles. The van der Waals surface area contributed by atoms with Crippen molar-refractivity contribution in [2.24, 2.45) is 4.99 Å². The number of aliphatic hydroxyl groups is 1. The zero-order chi connectivity index (χ0) is 23.4. The van der Waals surface area contributed by atoms with Crippen LogP contribution in [-0.2, 0) is 6.73 Å². The highest BCUT2D eigenvalue weighted by Crippen LogP contribution is 2.34. The summed E-state index contributed by atoms with van der Waals surface area (Å²) in [6, 6.07) is 26.1. The van der Waals surface area contributed by atoms with E-state index in [2.05, 4.69) is 37.9 Å². The number of hydrogen-bond acceptors (Lipinski definition) is 4. The predicted molar refractivity (Wildman–Crippen MR) is 135 cm³/mol. The van der Waals surface area contributed by atoms with Crippen LogP contribution in [0, 0.1) is 0 Å². The Morgan fingerprint density at radius 3 is 2.30 bits per heavy atom. The molecule has 5 heteroatoms. The third-order valence-corrected chi connectivity index (χ3v) is 6.22. The minimum Gasteiger partial charge on any atom is -0.494 e. The molecule has 33 heavy (non-hydrogen) atoms. The van der Waals surface area contributed by atoms with Crippen LogP contribution in [0.3, 0.4) is 0 Å². The van der Waals surface area contributed by atoms with Crippen LogP contribution in [0.4, 0.5) is 5.69 Å². The summed E-state index contributed by atoms with van der Waals surface area (Å²) in [6.07, 6.45) is 1.12. The topological polar surface area (TPSA) is 61.0 Å². The Morgan fingerprint density at radius 1 is 0.970 bits per heavy atom. The van der Waals surface area contributed by atoms with Gasteiger partial charge in [-0.1, -0.05) is 67.6 Å². The van der Waals surface area contributed by atoms with Gasteiger partial charge in [-0.2, -0.15) is 0 Å². The first-order chi connectivity index (χ1) is 16.0. The lowest BCUT2D eigenvalue weighted by atomic mass is 10.0. The van der Waals surface area contributed by atoms with E-state index >= 15 is 0 Å². The summed E-state index contributed by atoms with van der Waals surface area (Å²) in [7, 11) is 2.15. The van der Waals surface area contributed by atoms with E-state index in [1.165, 1.54) is 10.1 Å². The minimum absolute atomic E-state index is 0.00716. The first-order valence-electron chi connectivity index (χ1n) is 11.4. The van der Waals surface area contributed by atoms with Crippen LogP contribution in [0.15, 0.2) is 83.9 Å². The maximum atomic E-state index is 11.1. The summed E-state index contributed by atoms with van der Waals surface area (Å²) in [5, 5.41) is 21.8. The third kappa shape index (κ3) is 4.56. The Labute approximate surface area is 195 Å². The monoisotopic (exact) mass is 441 g/mol. The highest BCUT2D eigenvalue weighted by atomic mass is 16.3. The molecular formula is C28H31N3O2. The van der Waals surface area contributed by atoms with Gasteiger partial charge in [-0.15, -0.1) is 0 Å². The Morgan fingerprint density at radius 2 is 1.64 bits per heavy atom. The highest BCUT2D eigenvalue weighted by molar-refractivity contribution is 6.22. The number of benzene rings is 3. The molecule has 0 aliphatic carbocycles. The van der Waals surface area contributed by atoms with Gasteiger partial charge in [-0.3, -0.25) is 9.47 Å². The number of hydrogen-bond donors (Lipinski definition) is 2. The molecule has 0 unspecified atom stereocenters. The molecule has 1 atom stereocenters. The van der Waals surface area contributed by atoms with E-state index in [0.717, 1.165) is 35.1 Å². The zero-order valence-electron chi connectivity index (χ0n) is 19.4. The van der Waals surface area contributed by atoms with Crippen LogP contribution in [0.25, 0.3) is 10.9 Å². The minimum atomic E-state index is -0.313. The van der Waals surface area contributed by atoms with Gasteiger partial charge in [0.2, 0.25) is 5.88 Å². The molecule has 0 bridgehead atoms. The van der Waals surface area contributed by atoms with Crippen molar-refractivity contribution in [2.45, 2.75) is 33.0 Å². The van der Waals surface area contributed by atoms with Gasteiger partial charge in [0, 0.05) is 17.0 Å². The lowest BCUT2D eigenvalue weighted by Gasteiger charge is -2.24. The standard InChI is InChI=1S/C28H31N3O2/c1-4-18-30(3)20(2)21-14-16-23(17-15-21)29-27(22-10-6-5-7-11-22)26-24-12-8-9-13-25(24)31(19-32)28(26)33/h5-17,20,32-33H,4,18-19H2,1-3H3/t20-/m0/s1. The second kappa shape index (κ2) is 10.0. The molecule has 0 fully saturated rings. The molecule has 0 saturated heterocycles. The van der Waals surface area contributed by atoms with Crippen molar-refractivity contribution in [2.75, 3.05) is 13.6 Å². The largest absolute Gasteiger partial charge is 0.494 e. The smallest absolute Gasteiger partial charge is 0.203 e. The molecule has 4 aromatic rings. The fourth-order valence-electron chi connectivity index (χ4n) is 4.28. The molecule has 2 N–H and O–H groups in total. The van der Waals surface area contributed by atoms with Crippen LogP contribution in [0.1, 0.15) is 43.0 Å². The van der Waals surface area contributed by atoms with Crippen LogP contribution >= 0.6 is 0 Å². The molecule has 3 aromatic carbocycles. The molecule has 0 saturated carbocycles. The zero-order valence-corrected chi connectivity index (χ0v) is 19.4. The van der Waals surface area contributed by atoms with Gasteiger partial charge in [0.05, 0.1) is 22.5 Å². The van der Waals surface area contributed by atoms with Gasteiger partial charge in [-0.25, -0.2) is 4.99 Å². The number of rotatable bonds is 8. The highest BCUT2D eigenvalue weighted by Gasteiger charge is 2.22. The molecule has 170 valence electrons. The number of aliphatic hydroxyl groups excluding tert-OH is 1. The summed E-state index contributed by atoms with van der Waals surface area (Å²) in [5.41, 5.74) is 4.99. The first kappa shape index (κ1) is 22.8. The predicted octanol–water partition coefficient (Wildman–Crippen LogP) is 5.87. The van der Waals surface area contributed by atoms with Crippen molar-refractivity contribution < 1.29 is 10.2 Å². The van der Waals surface area contributed by atoms with Crippen LogP contribution in [0.5, 0.6) is 5.88 Å². The number of fused-ring (bicyclic) bond motifs is 1. The fourth-order valence-corrected chi connectivity index (χ4v) is 4.28. The Kier molecular flexibility index (Phi) is 6.92. The summed E-state index contributed by atoms with van der Waals surface area (Å²) >= 11 is 0. The normalized spacial score (nSPS) is 13.1. The quantitative estimate of drug-likeness (QED) is 0.336. The van der Waals surface area contributed by atoms with E-state index in [0.29, 0.717) is 17.3 Å². The van der Waals surface area contributed by atoms with Crippen molar-refractivity contribution in [3.63, 3.8) is 0 Å². The van der Waals surface area contributed by atoms with E-state index in [4.69, 9.17) is 4.99 Å². The fraction of sp³-hybridized carbons (Fsp3) is 0.250. The van der Waals surface area contributed by atoms with Crippen molar-refractivity contribution in [1.82, 2.24) is 9.47 Å². The molecule has 0 aliphatic rings. The SMILES string of the molecule is CCCN(C)[C@@H](C)c1ccc(N=C(c2ccccc2)c2c(O)n(CO)c3ccccc23)cc1. The van der Waals surface area contributed by atoms with Gasteiger partial charge in [0.1, 0.15) is 6.73 Å². The molecule has 0 radical (unpaired) electrons. The Bertz CT molecular complexity index is 1240. The molecule has 4 rings (SSSR count). The number of nitrogens with zero attached hydrogens (tertiary/aromatic N) is 3. The summed E-state index contributed by atoms with van der Waals surface area (Å²) < 4.78 is 1.50. The average molecular weight is 442 g/mol. The second-order valence-electron chi connectivity index (χ2n) is 8.36. The Hall–Kier alpha value is -3.41. The summed E-state index contributed by atoms with van der Waals surface area (Å²) in [5.74, 6) is 0.00716. The van der Waals surface area contributed by atoms with E-state index in [1.807, 2.05) is 66.7 Å². The summed E-state index contributed by atoms with van der Waals surface area (Å²) in [4.78, 5) is 7.33. The van der Waals surface area contributed by atoms with E-state index in [1.54, 1.807) is 0 Å². The number of para-hydroxylation sites is 1. The van der Waals surface area contributed by atoms with Crippen molar-refractivity contribution in [3.05, 3.63) is 95.6 Å². The van der Waals surface area contributed by atoms with Crippen molar-refractivity contribution >= 4 is 22.3 Å². The molecule has 0 amide bonds. The van der Waals surface area contributed by atoms with Gasteiger partial charge in [-0.05, 0) is 50.7 Å². The maximum Gasteiger partial charge on any atom is 0.203 e. The number of aromatic hydroxyl groups is 1. The van der Waals surface area contributed by atoms with Crippen molar-refractivity contribution in [1.29, 1.82) is 0 Å². The lowest BCUT2D eigenvalue weighted by molar-refractivity contribution is 0.201. The van der Waals surface area contributed by atoms with Gasteiger partial charge >= 0.3 is 0 Å². The second-order valence-corrected chi connectivity index (χ2v) is 8.36. The molecule has 1 aromatic heterocycles.